The summed E-state index contributed by atoms with van der Waals surface area (Å²) in [7, 11) is 0. The van der Waals surface area contributed by atoms with Gasteiger partial charge >= 0.3 is 0 Å². The Labute approximate surface area is 135 Å². The molecule has 2 aromatic rings. The molecule has 0 radical (unpaired) electrons. The summed E-state index contributed by atoms with van der Waals surface area (Å²) in [6.07, 6.45) is 0. The highest BCUT2D eigenvalue weighted by Crippen LogP contribution is 2.32. The maximum Gasteiger partial charge on any atom is 0.0667 e. The van der Waals surface area contributed by atoms with Crippen LogP contribution >= 0.6 is 15.9 Å². The zero-order valence-electron chi connectivity index (χ0n) is 12.5. The second-order valence-corrected chi connectivity index (χ2v) is 6.79. The van der Waals surface area contributed by atoms with Crippen LogP contribution in [-0.2, 0) is 0 Å². The lowest BCUT2D eigenvalue weighted by molar-refractivity contribution is 0.416. The third-order valence-corrected chi connectivity index (χ3v) is 4.51. The van der Waals surface area contributed by atoms with Crippen molar-refractivity contribution in [2.75, 3.05) is 18.0 Å². The third kappa shape index (κ3) is 3.30. The average Bonchev–Trinajstić information content (AvgIpc) is 2.47. The minimum Gasteiger partial charge on any atom is -0.362 e. The first kappa shape index (κ1) is 14.6. The standard InChI is InChI=1S/C18H21BrN2/c1-13-8-16(19)10-17(9-13)21-12-14(2)20-11-18(21)15-6-4-3-5-7-15/h3-10,14,18,20H,11-12H2,1-2H3. The van der Waals surface area contributed by atoms with Crippen molar-refractivity contribution in [2.45, 2.75) is 25.9 Å². The molecule has 110 valence electrons. The lowest BCUT2D eigenvalue weighted by Gasteiger charge is -2.41. The Hall–Kier alpha value is -1.32. The largest absolute Gasteiger partial charge is 0.362 e. The summed E-state index contributed by atoms with van der Waals surface area (Å²) in [6, 6.07) is 18.3. The highest BCUT2D eigenvalue weighted by atomic mass is 79.9. The van der Waals surface area contributed by atoms with E-state index in [1.165, 1.54) is 16.8 Å². The quantitative estimate of drug-likeness (QED) is 0.873. The first-order valence-electron chi connectivity index (χ1n) is 7.45. The molecule has 1 heterocycles. The highest BCUT2D eigenvalue weighted by Gasteiger charge is 2.27. The molecule has 1 fully saturated rings. The summed E-state index contributed by atoms with van der Waals surface area (Å²) in [6.45, 7) is 6.41. The molecule has 0 amide bonds. The van der Waals surface area contributed by atoms with Crippen molar-refractivity contribution >= 4 is 21.6 Å². The van der Waals surface area contributed by atoms with Gasteiger partial charge in [0.2, 0.25) is 0 Å². The van der Waals surface area contributed by atoms with E-state index in [0.29, 0.717) is 12.1 Å². The fourth-order valence-corrected chi connectivity index (χ4v) is 3.65. The first-order chi connectivity index (χ1) is 10.1. The zero-order valence-corrected chi connectivity index (χ0v) is 14.1. The monoisotopic (exact) mass is 344 g/mol. The molecule has 1 aliphatic heterocycles. The number of nitrogens with zero attached hydrogens (tertiary/aromatic N) is 1. The molecule has 1 saturated heterocycles. The van der Waals surface area contributed by atoms with Crippen LogP contribution in [0.1, 0.15) is 24.1 Å². The van der Waals surface area contributed by atoms with Crippen LogP contribution in [0.4, 0.5) is 5.69 Å². The summed E-state index contributed by atoms with van der Waals surface area (Å²) >= 11 is 3.63. The average molecular weight is 345 g/mol. The predicted octanol–water partition coefficient (Wildman–Crippen LogP) is 4.30. The molecule has 2 aromatic carbocycles. The van der Waals surface area contributed by atoms with Gasteiger partial charge in [-0.1, -0.05) is 46.3 Å². The Balaban J connectivity index is 1.98. The number of hydrogen-bond donors (Lipinski definition) is 1. The van der Waals surface area contributed by atoms with Gasteiger partial charge in [-0.2, -0.15) is 0 Å². The number of benzene rings is 2. The fourth-order valence-electron chi connectivity index (χ4n) is 3.05. The summed E-state index contributed by atoms with van der Waals surface area (Å²) in [5.41, 5.74) is 3.95. The molecule has 1 aliphatic rings. The van der Waals surface area contributed by atoms with Gasteiger partial charge in [-0.3, -0.25) is 0 Å². The number of halogens is 1. The van der Waals surface area contributed by atoms with E-state index in [9.17, 15) is 0 Å². The van der Waals surface area contributed by atoms with Crippen LogP contribution < -0.4 is 10.2 Å². The molecule has 0 spiro atoms. The van der Waals surface area contributed by atoms with E-state index in [0.717, 1.165) is 17.6 Å². The molecule has 21 heavy (non-hydrogen) atoms. The van der Waals surface area contributed by atoms with Crippen molar-refractivity contribution in [3.05, 3.63) is 64.1 Å². The minimum absolute atomic E-state index is 0.385. The molecule has 2 atom stereocenters. The Kier molecular flexibility index (Phi) is 4.32. The van der Waals surface area contributed by atoms with Gasteiger partial charge in [-0.05, 0) is 43.2 Å². The number of aryl methyl sites for hydroxylation is 1. The fraction of sp³-hybridized carbons (Fsp3) is 0.333. The van der Waals surface area contributed by atoms with E-state index in [1.807, 2.05) is 0 Å². The van der Waals surface area contributed by atoms with Crippen molar-refractivity contribution in [3.8, 4) is 0 Å². The number of hydrogen-bond acceptors (Lipinski definition) is 2. The predicted molar refractivity (Wildman–Crippen MR) is 92.9 cm³/mol. The molecule has 3 heteroatoms. The first-order valence-corrected chi connectivity index (χ1v) is 8.25. The van der Waals surface area contributed by atoms with Crippen LogP contribution in [0.3, 0.4) is 0 Å². The van der Waals surface area contributed by atoms with Crippen molar-refractivity contribution in [2.24, 2.45) is 0 Å². The molecule has 2 nitrogen and oxygen atoms in total. The molecule has 0 aromatic heterocycles. The summed E-state index contributed by atoms with van der Waals surface area (Å²) in [4.78, 5) is 2.52. The number of rotatable bonds is 2. The number of anilines is 1. The summed E-state index contributed by atoms with van der Waals surface area (Å²) in [5, 5.41) is 3.61. The number of piperazine rings is 1. The molecule has 1 N–H and O–H groups in total. The molecular formula is C18H21BrN2. The second kappa shape index (κ2) is 6.20. The van der Waals surface area contributed by atoms with Crippen LogP contribution in [0.15, 0.2) is 53.0 Å². The second-order valence-electron chi connectivity index (χ2n) is 5.87. The molecule has 0 aliphatic carbocycles. The van der Waals surface area contributed by atoms with Gasteiger partial charge in [0, 0.05) is 29.3 Å². The van der Waals surface area contributed by atoms with E-state index in [1.54, 1.807) is 0 Å². The third-order valence-electron chi connectivity index (χ3n) is 4.05. The van der Waals surface area contributed by atoms with Crippen molar-refractivity contribution < 1.29 is 0 Å². The van der Waals surface area contributed by atoms with Crippen molar-refractivity contribution in [1.82, 2.24) is 5.32 Å². The number of nitrogens with one attached hydrogen (secondary N) is 1. The van der Waals surface area contributed by atoms with Gasteiger partial charge in [0.25, 0.3) is 0 Å². The van der Waals surface area contributed by atoms with Crippen LogP contribution in [-0.4, -0.2) is 19.1 Å². The van der Waals surface area contributed by atoms with E-state index in [2.05, 4.69) is 88.5 Å². The molecule has 3 rings (SSSR count). The van der Waals surface area contributed by atoms with Gasteiger partial charge in [0.1, 0.15) is 0 Å². The maximum atomic E-state index is 3.63. The lowest BCUT2D eigenvalue weighted by Crippen LogP contribution is -2.51. The summed E-state index contributed by atoms with van der Waals surface area (Å²) < 4.78 is 1.15. The van der Waals surface area contributed by atoms with Crippen molar-refractivity contribution in [1.29, 1.82) is 0 Å². The topological polar surface area (TPSA) is 15.3 Å². The van der Waals surface area contributed by atoms with Crippen LogP contribution in [0.2, 0.25) is 0 Å². The van der Waals surface area contributed by atoms with Crippen molar-refractivity contribution in [3.63, 3.8) is 0 Å². The van der Waals surface area contributed by atoms with Gasteiger partial charge < -0.3 is 10.2 Å². The summed E-state index contributed by atoms with van der Waals surface area (Å²) in [5.74, 6) is 0. The minimum atomic E-state index is 0.385. The van der Waals surface area contributed by atoms with E-state index in [-0.39, 0.29) is 0 Å². The van der Waals surface area contributed by atoms with E-state index in [4.69, 9.17) is 0 Å². The Bertz CT molecular complexity index is 592. The van der Waals surface area contributed by atoms with E-state index < -0.39 is 0 Å². The van der Waals surface area contributed by atoms with Gasteiger partial charge in [0.15, 0.2) is 0 Å². The van der Waals surface area contributed by atoms with Crippen LogP contribution in [0.5, 0.6) is 0 Å². The zero-order chi connectivity index (χ0) is 14.8. The van der Waals surface area contributed by atoms with E-state index >= 15 is 0 Å². The Morgan fingerprint density at radius 3 is 2.62 bits per heavy atom. The van der Waals surface area contributed by atoms with Gasteiger partial charge in [-0.15, -0.1) is 0 Å². The molecular weight excluding hydrogens is 324 g/mol. The Morgan fingerprint density at radius 1 is 1.14 bits per heavy atom. The SMILES string of the molecule is Cc1cc(Br)cc(N2CC(C)NCC2c2ccccc2)c1. The maximum absolute atomic E-state index is 3.63. The highest BCUT2D eigenvalue weighted by molar-refractivity contribution is 9.10. The molecule has 0 bridgehead atoms. The van der Waals surface area contributed by atoms with Crippen LogP contribution in [0, 0.1) is 6.92 Å². The lowest BCUT2D eigenvalue weighted by atomic mass is 10.00. The smallest absolute Gasteiger partial charge is 0.0667 e. The normalized spacial score (nSPS) is 22.3. The van der Waals surface area contributed by atoms with Gasteiger partial charge in [0.05, 0.1) is 6.04 Å². The molecule has 2 unspecified atom stereocenters. The van der Waals surface area contributed by atoms with Crippen LogP contribution in [0.25, 0.3) is 0 Å². The van der Waals surface area contributed by atoms with Gasteiger partial charge in [-0.25, -0.2) is 0 Å². The Morgan fingerprint density at radius 2 is 1.90 bits per heavy atom. The molecule has 0 saturated carbocycles.